The Morgan fingerprint density at radius 2 is 1.88 bits per heavy atom. The zero-order valence-electron chi connectivity index (χ0n) is 12.0. The second-order valence-electron chi connectivity index (χ2n) is 5.94. The Labute approximate surface area is 107 Å². The van der Waals surface area contributed by atoms with Gasteiger partial charge in [0.05, 0.1) is 6.61 Å². The molecule has 17 heavy (non-hydrogen) atoms. The smallest absolute Gasteiger partial charge is 0.0610 e. The van der Waals surface area contributed by atoms with Gasteiger partial charge in [0.25, 0.3) is 0 Å². The van der Waals surface area contributed by atoms with E-state index in [4.69, 9.17) is 0 Å². The van der Waals surface area contributed by atoms with E-state index in [0.717, 1.165) is 24.9 Å². The summed E-state index contributed by atoms with van der Waals surface area (Å²) >= 11 is 0. The van der Waals surface area contributed by atoms with Crippen molar-refractivity contribution in [2.24, 2.45) is 0 Å². The Morgan fingerprint density at radius 1 is 1.29 bits per heavy atom. The molecule has 3 atom stereocenters. The van der Waals surface area contributed by atoms with Crippen LogP contribution in [0.15, 0.2) is 0 Å². The topological polar surface area (TPSA) is 35.5 Å². The third kappa shape index (κ3) is 4.23. The summed E-state index contributed by atoms with van der Waals surface area (Å²) in [5.74, 6) is 0. The van der Waals surface area contributed by atoms with Crippen molar-refractivity contribution in [3.8, 4) is 0 Å². The number of likely N-dealkylation sites (tertiary alicyclic amines) is 1. The molecule has 1 aliphatic rings. The largest absolute Gasteiger partial charge is 0.394 e. The Morgan fingerprint density at radius 3 is 2.35 bits per heavy atom. The normalized spacial score (nSPS) is 30.2. The molecule has 102 valence electrons. The summed E-state index contributed by atoms with van der Waals surface area (Å²) in [5, 5.41) is 12.6. The first-order chi connectivity index (χ1) is 8.02. The fraction of sp³-hybridized carbons (Fsp3) is 1.00. The molecule has 3 heteroatoms. The van der Waals surface area contributed by atoms with E-state index in [1.54, 1.807) is 0 Å². The van der Waals surface area contributed by atoms with Gasteiger partial charge in [-0.2, -0.15) is 0 Å². The fourth-order valence-electron chi connectivity index (χ4n) is 2.85. The van der Waals surface area contributed by atoms with Crippen LogP contribution in [0.5, 0.6) is 0 Å². The molecule has 1 fully saturated rings. The predicted molar refractivity (Wildman–Crippen MR) is 73.3 cm³/mol. The van der Waals surface area contributed by atoms with Crippen molar-refractivity contribution in [2.45, 2.75) is 70.5 Å². The molecular weight excluding hydrogens is 212 g/mol. The molecule has 1 aliphatic heterocycles. The lowest BCUT2D eigenvalue weighted by atomic mass is 9.94. The number of hydrogen-bond acceptors (Lipinski definition) is 3. The third-order valence-corrected chi connectivity index (χ3v) is 4.47. The molecule has 0 spiro atoms. The highest BCUT2D eigenvalue weighted by Crippen LogP contribution is 2.23. The van der Waals surface area contributed by atoms with Gasteiger partial charge in [-0.25, -0.2) is 0 Å². The van der Waals surface area contributed by atoms with Crippen LogP contribution in [-0.2, 0) is 0 Å². The lowest BCUT2D eigenvalue weighted by Gasteiger charge is -2.39. The molecule has 0 aromatic heterocycles. The van der Waals surface area contributed by atoms with Crippen molar-refractivity contribution >= 4 is 0 Å². The van der Waals surface area contributed by atoms with Crippen molar-refractivity contribution in [1.29, 1.82) is 0 Å². The quantitative estimate of drug-likeness (QED) is 0.748. The maximum absolute atomic E-state index is 9.35. The number of rotatable bonds is 6. The van der Waals surface area contributed by atoms with Gasteiger partial charge in [-0.3, -0.25) is 4.90 Å². The molecule has 3 nitrogen and oxygen atoms in total. The number of aliphatic hydroxyl groups is 1. The molecular formula is C14H30N2O. The van der Waals surface area contributed by atoms with Crippen LogP contribution >= 0.6 is 0 Å². The van der Waals surface area contributed by atoms with Gasteiger partial charge in [0, 0.05) is 17.6 Å². The van der Waals surface area contributed by atoms with Gasteiger partial charge >= 0.3 is 0 Å². The van der Waals surface area contributed by atoms with Gasteiger partial charge in [-0.05, 0) is 60.0 Å². The van der Waals surface area contributed by atoms with Gasteiger partial charge in [0.2, 0.25) is 0 Å². The first-order valence-electron chi connectivity index (χ1n) is 7.08. The summed E-state index contributed by atoms with van der Waals surface area (Å²) in [6.07, 6.45) is 6.26. The highest BCUT2D eigenvalue weighted by molar-refractivity contribution is 4.83. The van der Waals surface area contributed by atoms with Crippen molar-refractivity contribution in [3.05, 3.63) is 0 Å². The van der Waals surface area contributed by atoms with Crippen LogP contribution in [-0.4, -0.2) is 47.8 Å². The summed E-state index contributed by atoms with van der Waals surface area (Å²) in [4.78, 5) is 2.64. The third-order valence-electron chi connectivity index (χ3n) is 4.47. The van der Waals surface area contributed by atoms with Crippen LogP contribution in [0.3, 0.4) is 0 Å². The molecule has 0 saturated carbocycles. The maximum Gasteiger partial charge on any atom is 0.0610 e. The highest BCUT2D eigenvalue weighted by Gasteiger charge is 2.25. The van der Waals surface area contributed by atoms with E-state index in [1.807, 2.05) is 7.05 Å². The molecule has 0 radical (unpaired) electrons. The Balaban J connectivity index is 2.34. The molecule has 0 aromatic carbocycles. The summed E-state index contributed by atoms with van der Waals surface area (Å²) in [6, 6.07) is 1.46. The van der Waals surface area contributed by atoms with Crippen LogP contribution in [0.4, 0.5) is 0 Å². The van der Waals surface area contributed by atoms with Crippen molar-refractivity contribution in [3.63, 3.8) is 0 Å². The van der Waals surface area contributed by atoms with E-state index in [1.165, 1.54) is 25.8 Å². The van der Waals surface area contributed by atoms with E-state index in [9.17, 15) is 5.11 Å². The summed E-state index contributed by atoms with van der Waals surface area (Å²) in [7, 11) is 1.93. The number of likely N-dealkylation sites (N-methyl/N-ethyl adjacent to an activating group) is 1. The van der Waals surface area contributed by atoms with Crippen LogP contribution in [0.2, 0.25) is 0 Å². The molecule has 0 bridgehead atoms. The molecule has 1 saturated heterocycles. The van der Waals surface area contributed by atoms with Crippen LogP contribution < -0.4 is 5.32 Å². The van der Waals surface area contributed by atoms with Gasteiger partial charge < -0.3 is 10.4 Å². The first kappa shape index (κ1) is 14.9. The van der Waals surface area contributed by atoms with Gasteiger partial charge in [-0.15, -0.1) is 0 Å². The van der Waals surface area contributed by atoms with E-state index >= 15 is 0 Å². The Bertz CT molecular complexity index is 206. The second-order valence-corrected chi connectivity index (χ2v) is 5.94. The number of hydrogen-bond donors (Lipinski definition) is 2. The van der Waals surface area contributed by atoms with E-state index in [-0.39, 0.29) is 12.1 Å². The Hall–Kier alpha value is -0.120. The molecule has 2 N–H and O–H groups in total. The summed E-state index contributed by atoms with van der Waals surface area (Å²) < 4.78 is 0. The van der Waals surface area contributed by atoms with Crippen molar-refractivity contribution in [2.75, 3.05) is 20.2 Å². The summed E-state index contributed by atoms with van der Waals surface area (Å²) in [5.41, 5.74) is -0.109. The minimum atomic E-state index is -0.109. The molecule has 0 amide bonds. The van der Waals surface area contributed by atoms with Crippen LogP contribution in [0, 0.1) is 0 Å². The van der Waals surface area contributed by atoms with E-state index in [0.29, 0.717) is 0 Å². The SMILES string of the molecule is CNC(C)(CO)CCCN1C(C)CCCC1C. The number of nitrogens with zero attached hydrogens (tertiary/aromatic N) is 1. The van der Waals surface area contributed by atoms with Gasteiger partial charge in [0.15, 0.2) is 0 Å². The minimum Gasteiger partial charge on any atom is -0.394 e. The number of nitrogens with one attached hydrogen (secondary N) is 1. The fourth-order valence-corrected chi connectivity index (χ4v) is 2.85. The van der Waals surface area contributed by atoms with Crippen LogP contribution in [0.1, 0.15) is 52.9 Å². The lowest BCUT2D eigenvalue weighted by molar-refractivity contribution is 0.0936. The van der Waals surface area contributed by atoms with E-state index in [2.05, 4.69) is 31.0 Å². The average Bonchev–Trinajstić information content (AvgIpc) is 2.32. The van der Waals surface area contributed by atoms with E-state index < -0.39 is 0 Å². The van der Waals surface area contributed by atoms with Crippen molar-refractivity contribution in [1.82, 2.24) is 10.2 Å². The average molecular weight is 242 g/mol. The Kier molecular flexibility index (Phi) is 5.90. The van der Waals surface area contributed by atoms with Crippen LogP contribution in [0.25, 0.3) is 0 Å². The number of piperidine rings is 1. The predicted octanol–water partition coefficient (Wildman–Crippen LogP) is 2.00. The standard InChI is InChI=1S/C14H30N2O/c1-12-7-5-8-13(2)16(12)10-6-9-14(3,11-17)15-4/h12-13,15,17H,5-11H2,1-4H3. The van der Waals surface area contributed by atoms with Gasteiger partial charge in [0.1, 0.15) is 0 Å². The zero-order valence-corrected chi connectivity index (χ0v) is 12.0. The first-order valence-corrected chi connectivity index (χ1v) is 7.08. The molecule has 0 aromatic rings. The molecule has 1 rings (SSSR count). The number of aliphatic hydroxyl groups excluding tert-OH is 1. The molecule has 1 heterocycles. The minimum absolute atomic E-state index is 0.109. The maximum atomic E-state index is 9.35. The molecule has 0 aliphatic carbocycles. The van der Waals surface area contributed by atoms with Crippen molar-refractivity contribution < 1.29 is 5.11 Å². The molecule has 3 unspecified atom stereocenters. The van der Waals surface area contributed by atoms with Gasteiger partial charge in [-0.1, -0.05) is 6.42 Å². The second kappa shape index (κ2) is 6.72. The summed E-state index contributed by atoms with van der Waals surface area (Å²) in [6.45, 7) is 8.17. The lowest BCUT2D eigenvalue weighted by Crippen LogP contribution is -2.46. The highest BCUT2D eigenvalue weighted by atomic mass is 16.3. The monoisotopic (exact) mass is 242 g/mol. The zero-order chi connectivity index (χ0) is 12.9.